The lowest BCUT2D eigenvalue weighted by atomic mass is 9.99. The van der Waals surface area contributed by atoms with Gasteiger partial charge in [0.25, 0.3) is 0 Å². The van der Waals surface area contributed by atoms with Crippen LogP contribution in [-0.4, -0.2) is 23.1 Å². The average Bonchev–Trinajstić information content (AvgIpc) is 2.70. The van der Waals surface area contributed by atoms with Gasteiger partial charge in [0, 0.05) is 37.7 Å². The summed E-state index contributed by atoms with van der Waals surface area (Å²) in [5, 5.41) is 3.35. The molecule has 0 aliphatic carbocycles. The lowest BCUT2D eigenvalue weighted by Gasteiger charge is -2.31. The maximum Gasteiger partial charge on any atom is 0.149 e. The fraction of sp³-hybridized carbons (Fsp3) is 0.333. The molecule has 0 bridgehead atoms. The zero-order valence-electron chi connectivity index (χ0n) is 15.3. The third-order valence-electron chi connectivity index (χ3n) is 5.19. The molecule has 4 rings (SSSR count). The minimum atomic E-state index is -0.531. The summed E-state index contributed by atoms with van der Waals surface area (Å²) in [6.07, 6.45) is 5.71. The molecule has 0 spiro atoms. The number of fused-ring (bicyclic) bond motifs is 1. The predicted octanol–water partition coefficient (Wildman–Crippen LogP) is 4.76. The number of piperidine rings is 1. The number of halogens is 2. The van der Waals surface area contributed by atoms with Crippen molar-refractivity contribution in [3.05, 3.63) is 59.9 Å². The first kappa shape index (κ1) is 17.6. The minimum absolute atomic E-state index is 0.0350. The lowest BCUT2D eigenvalue weighted by molar-refractivity contribution is 0.436. The summed E-state index contributed by atoms with van der Waals surface area (Å²) in [6.45, 7) is 4.84. The molecule has 6 heteroatoms. The molecule has 27 heavy (non-hydrogen) atoms. The number of aromatic nitrogens is 2. The zero-order valence-corrected chi connectivity index (χ0v) is 15.3. The first-order chi connectivity index (χ1) is 13.1. The van der Waals surface area contributed by atoms with Crippen LogP contribution in [0.25, 0.3) is 10.9 Å². The smallest absolute Gasteiger partial charge is 0.149 e. The normalized spacial score (nSPS) is 15.3. The van der Waals surface area contributed by atoms with E-state index in [0.717, 1.165) is 42.5 Å². The molecule has 4 nitrogen and oxygen atoms in total. The Hall–Kier alpha value is -2.76. The van der Waals surface area contributed by atoms with Crippen molar-refractivity contribution in [1.82, 2.24) is 9.97 Å². The van der Waals surface area contributed by atoms with Gasteiger partial charge in [-0.1, -0.05) is 13.0 Å². The number of hydrogen-bond donors (Lipinski definition) is 1. The number of nitrogens with zero attached hydrogens (tertiary/aromatic N) is 3. The molecule has 3 heterocycles. The number of nitrogens with one attached hydrogen (secondary N) is 1. The van der Waals surface area contributed by atoms with E-state index < -0.39 is 11.6 Å². The number of anilines is 2. The Labute approximate surface area is 157 Å². The molecule has 1 aliphatic heterocycles. The van der Waals surface area contributed by atoms with Crippen molar-refractivity contribution in [3.8, 4) is 0 Å². The van der Waals surface area contributed by atoms with Crippen LogP contribution in [0.4, 0.5) is 20.3 Å². The van der Waals surface area contributed by atoms with Gasteiger partial charge in [-0.05, 0) is 48.6 Å². The quantitative estimate of drug-likeness (QED) is 0.721. The Morgan fingerprint density at radius 2 is 1.81 bits per heavy atom. The van der Waals surface area contributed by atoms with Crippen LogP contribution in [0.1, 0.15) is 25.3 Å². The maximum atomic E-state index is 14.2. The molecule has 0 unspecified atom stereocenters. The summed E-state index contributed by atoms with van der Waals surface area (Å²) < 4.78 is 28.1. The van der Waals surface area contributed by atoms with Gasteiger partial charge in [0.2, 0.25) is 0 Å². The Morgan fingerprint density at radius 1 is 1.04 bits per heavy atom. The van der Waals surface area contributed by atoms with Gasteiger partial charge in [-0.3, -0.25) is 4.98 Å². The van der Waals surface area contributed by atoms with Crippen molar-refractivity contribution in [2.24, 2.45) is 5.92 Å². The van der Waals surface area contributed by atoms with Gasteiger partial charge in [-0.2, -0.15) is 0 Å². The Morgan fingerprint density at radius 3 is 2.56 bits per heavy atom. The first-order valence-electron chi connectivity index (χ1n) is 9.28. The van der Waals surface area contributed by atoms with Crippen LogP contribution in [0.15, 0.2) is 42.7 Å². The fourth-order valence-corrected chi connectivity index (χ4v) is 3.48. The SMILES string of the molecule is CC1CCN(c2ccc(CNc3ccnc4c(F)ccc(F)c34)cn2)CC1. The number of pyridine rings is 2. The molecule has 3 aromatic rings. The van der Waals surface area contributed by atoms with Crippen LogP contribution >= 0.6 is 0 Å². The van der Waals surface area contributed by atoms with Crippen molar-refractivity contribution in [2.45, 2.75) is 26.3 Å². The average molecular weight is 368 g/mol. The van der Waals surface area contributed by atoms with E-state index in [-0.39, 0.29) is 10.9 Å². The molecule has 140 valence electrons. The van der Waals surface area contributed by atoms with E-state index in [2.05, 4.69) is 27.1 Å². The Bertz CT molecular complexity index is 935. The number of hydrogen-bond acceptors (Lipinski definition) is 4. The molecule has 0 amide bonds. The molecule has 1 N–H and O–H groups in total. The van der Waals surface area contributed by atoms with E-state index in [9.17, 15) is 8.78 Å². The van der Waals surface area contributed by atoms with Gasteiger partial charge in [-0.15, -0.1) is 0 Å². The summed E-state index contributed by atoms with van der Waals surface area (Å²) in [5.74, 6) is 0.755. The molecule has 0 radical (unpaired) electrons. The highest BCUT2D eigenvalue weighted by Gasteiger charge is 2.17. The largest absolute Gasteiger partial charge is 0.380 e. The second kappa shape index (κ2) is 7.47. The van der Waals surface area contributed by atoms with E-state index in [4.69, 9.17) is 0 Å². The zero-order chi connectivity index (χ0) is 18.8. The third kappa shape index (κ3) is 3.70. The van der Waals surface area contributed by atoms with Crippen LogP contribution in [0.5, 0.6) is 0 Å². The molecule has 1 aromatic carbocycles. The number of benzene rings is 1. The predicted molar refractivity (Wildman–Crippen MR) is 104 cm³/mol. The van der Waals surface area contributed by atoms with Crippen molar-refractivity contribution in [1.29, 1.82) is 0 Å². The first-order valence-corrected chi connectivity index (χ1v) is 9.28. The van der Waals surface area contributed by atoms with Gasteiger partial charge in [0.1, 0.15) is 23.0 Å². The van der Waals surface area contributed by atoms with Crippen LogP contribution in [0, 0.1) is 17.6 Å². The monoisotopic (exact) mass is 368 g/mol. The topological polar surface area (TPSA) is 41.0 Å². The van der Waals surface area contributed by atoms with Gasteiger partial charge < -0.3 is 10.2 Å². The molecular formula is C21H22F2N4. The van der Waals surface area contributed by atoms with Crippen LogP contribution in [0.2, 0.25) is 0 Å². The van der Waals surface area contributed by atoms with E-state index in [1.54, 1.807) is 6.07 Å². The van der Waals surface area contributed by atoms with E-state index in [1.807, 2.05) is 18.3 Å². The van der Waals surface area contributed by atoms with E-state index in [1.165, 1.54) is 19.0 Å². The standard InChI is InChI=1S/C21H22F2N4/c1-14-7-10-27(11-8-14)19-5-2-15(13-26-19)12-25-18-6-9-24-21-17(23)4-3-16(22)20(18)21/h2-6,9,13-14H,7-8,10-12H2,1H3,(H,24,25). The van der Waals surface area contributed by atoms with Crippen molar-refractivity contribution in [2.75, 3.05) is 23.3 Å². The van der Waals surface area contributed by atoms with Gasteiger partial charge in [0.15, 0.2) is 0 Å². The van der Waals surface area contributed by atoms with Crippen LogP contribution in [0.3, 0.4) is 0 Å². The summed E-state index contributed by atoms with van der Waals surface area (Å²) >= 11 is 0. The highest BCUT2D eigenvalue weighted by molar-refractivity contribution is 5.91. The second-order valence-electron chi connectivity index (χ2n) is 7.16. The summed E-state index contributed by atoms with van der Waals surface area (Å²) in [6, 6.07) is 7.92. The van der Waals surface area contributed by atoms with Crippen molar-refractivity contribution >= 4 is 22.4 Å². The summed E-state index contributed by atoms with van der Waals surface area (Å²) in [7, 11) is 0. The maximum absolute atomic E-state index is 14.2. The molecule has 1 saturated heterocycles. The van der Waals surface area contributed by atoms with Crippen molar-refractivity contribution < 1.29 is 8.78 Å². The highest BCUT2D eigenvalue weighted by atomic mass is 19.1. The Balaban J connectivity index is 1.48. The van der Waals surface area contributed by atoms with E-state index in [0.29, 0.717) is 12.2 Å². The lowest BCUT2D eigenvalue weighted by Crippen LogP contribution is -2.33. The number of rotatable bonds is 4. The van der Waals surface area contributed by atoms with Gasteiger partial charge in [-0.25, -0.2) is 13.8 Å². The molecule has 1 aliphatic rings. The van der Waals surface area contributed by atoms with Gasteiger partial charge >= 0.3 is 0 Å². The summed E-state index contributed by atoms with van der Waals surface area (Å²) in [5.41, 5.74) is 1.53. The second-order valence-corrected chi connectivity index (χ2v) is 7.16. The third-order valence-corrected chi connectivity index (χ3v) is 5.19. The van der Waals surface area contributed by atoms with Crippen LogP contribution in [-0.2, 0) is 6.54 Å². The highest BCUT2D eigenvalue weighted by Crippen LogP contribution is 2.27. The van der Waals surface area contributed by atoms with Crippen LogP contribution < -0.4 is 10.2 Å². The molecule has 2 aromatic heterocycles. The molecular weight excluding hydrogens is 346 g/mol. The fourth-order valence-electron chi connectivity index (χ4n) is 3.48. The summed E-state index contributed by atoms with van der Waals surface area (Å²) in [4.78, 5) is 10.8. The molecule has 1 fully saturated rings. The minimum Gasteiger partial charge on any atom is -0.380 e. The molecule has 0 saturated carbocycles. The Kier molecular flexibility index (Phi) is 4.88. The van der Waals surface area contributed by atoms with Gasteiger partial charge in [0.05, 0.1) is 5.39 Å². The van der Waals surface area contributed by atoms with Crippen molar-refractivity contribution in [3.63, 3.8) is 0 Å². The van der Waals surface area contributed by atoms with E-state index >= 15 is 0 Å². The molecule has 0 atom stereocenters.